The lowest BCUT2D eigenvalue weighted by Gasteiger charge is -2.20. The highest BCUT2D eigenvalue weighted by Crippen LogP contribution is 2.18. The number of hydrogen-bond acceptors (Lipinski definition) is 2. The third-order valence-electron chi connectivity index (χ3n) is 2.27. The van der Waals surface area contributed by atoms with Crippen LogP contribution < -0.4 is 11.1 Å². The Balaban J connectivity index is 2.95. The first-order chi connectivity index (χ1) is 7.58. The van der Waals surface area contributed by atoms with Crippen molar-refractivity contribution in [3.8, 4) is 12.3 Å². The molecule has 16 heavy (non-hydrogen) atoms. The number of benzene rings is 1. The van der Waals surface area contributed by atoms with Crippen molar-refractivity contribution in [1.29, 1.82) is 0 Å². The molecule has 0 aliphatic carbocycles. The third-order valence-corrected chi connectivity index (χ3v) is 2.27. The second kappa shape index (κ2) is 5.59. The molecular weight excluding hydrogens is 210 g/mol. The molecule has 0 amide bonds. The standard InChI is InChI=1S/C12H14F2N2/c1-3-8(2)16-12(7-15)10-6-9(13)4-5-11(10)14/h1,4-6,8,12,16H,7,15H2,2H3. The fourth-order valence-electron chi connectivity index (χ4n) is 1.42. The topological polar surface area (TPSA) is 38.0 Å². The molecule has 0 saturated carbocycles. The van der Waals surface area contributed by atoms with Crippen molar-refractivity contribution in [3.05, 3.63) is 35.4 Å². The smallest absolute Gasteiger partial charge is 0.128 e. The van der Waals surface area contributed by atoms with Gasteiger partial charge in [-0.3, -0.25) is 5.32 Å². The average Bonchev–Trinajstić information content (AvgIpc) is 2.29. The summed E-state index contributed by atoms with van der Waals surface area (Å²) in [5.74, 6) is 1.46. The number of terminal acetylenes is 1. The van der Waals surface area contributed by atoms with Crippen molar-refractivity contribution < 1.29 is 8.78 Å². The predicted molar refractivity (Wildman–Crippen MR) is 59.6 cm³/mol. The summed E-state index contributed by atoms with van der Waals surface area (Å²) in [6.45, 7) is 1.90. The molecular formula is C12H14F2N2. The van der Waals surface area contributed by atoms with E-state index in [4.69, 9.17) is 12.2 Å². The molecule has 86 valence electrons. The van der Waals surface area contributed by atoms with Crippen LogP contribution in [-0.2, 0) is 0 Å². The lowest BCUT2D eigenvalue weighted by Crippen LogP contribution is -2.34. The molecule has 0 heterocycles. The van der Waals surface area contributed by atoms with Gasteiger partial charge in [0.2, 0.25) is 0 Å². The van der Waals surface area contributed by atoms with Gasteiger partial charge in [-0.1, -0.05) is 5.92 Å². The molecule has 2 nitrogen and oxygen atoms in total. The summed E-state index contributed by atoms with van der Waals surface area (Å²) < 4.78 is 26.4. The number of hydrogen-bond donors (Lipinski definition) is 2. The Labute approximate surface area is 93.8 Å². The molecule has 2 unspecified atom stereocenters. The van der Waals surface area contributed by atoms with E-state index in [1.54, 1.807) is 6.92 Å². The summed E-state index contributed by atoms with van der Waals surface area (Å²) >= 11 is 0. The van der Waals surface area contributed by atoms with Gasteiger partial charge in [0.15, 0.2) is 0 Å². The largest absolute Gasteiger partial charge is 0.329 e. The Hall–Kier alpha value is -1.44. The van der Waals surface area contributed by atoms with Gasteiger partial charge in [-0.15, -0.1) is 6.42 Å². The highest BCUT2D eigenvalue weighted by atomic mass is 19.1. The van der Waals surface area contributed by atoms with Crippen LogP contribution in [0.5, 0.6) is 0 Å². The van der Waals surface area contributed by atoms with Crippen molar-refractivity contribution in [2.24, 2.45) is 5.73 Å². The molecule has 0 bridgehead atoms. The molecule has 0 spiro atoms. The van der Waals surface area contributed by atoms with E-state index in [1.165, 1.54) is 0 Å². The van der Waals surface area contributed by atoms with Gasteiger partial charge in [-0.05, 0) is 25.1 Å². The second-order valence-electron chi connectivity index (χ2n) is 3.51. The Kier molecular flexibility index (Phi) is 4.41. The van der Waals surface area contributed by atoms with Crippen LogP contribution in [0.15, 0.2) is 18.2 Å². The van der Waals surface area contributed by atoms with E-state index in [1.807, 2.05) is 0 Å². The Morgan fingerprint density at radius 3 is 2.75 bits per heavy atom. The maximum atomic E-state index is 13.4. The molecule has 0 aromatic heterocycles. The summed E-state index contributed by atoms with van der Waals surface area (Å²) in [5, 5.41) is 2.93. The number of rotatable bonds is 4. The van der Waals surface area contributed by atoms with Gasteiger partial charge < -0.3 is 5.73 Å². The third kappa shape index (κ3) is 3.02. The number of nitrogens with one attached hydrogen (secondary N) is 1. The minimum atomic E-state index is -0.495. The summed E-state index contributed by atoms with van der Waals surface area (Å²) in [6.07, 6.45) is 5.20. The molecule has 3 N–H and O–H groups in total. The Morgan fingerprint density at radius 2 is 2.19 bits per heavy atom. The first-order valence-electron chi connectivity index (χ1n) is 4.95. The van der Waals surface area contributed by atoms with E-state index in [0.717, 1.165) is 18.2 Å². The first kappa shape index (κ1) is 12.6. The van der Waals surface area contributed by atoms with Crippen LogP contribution in [0.1, 0.15) is 18.5 Å². The maximum Gasteiger partial charge on any atom is 0.128 e. The van der Waals surface area contributed by atoms with Crippen molar-refractivity contribution in [2.75, 3.05) is 6.54 Å². The number of nitrogens with two attached hydrogens (primary N) is 1. The fraction of sp³-hybridized carbons (Fsp3) is 0.333. The minimum absolute atomic E-state index is 0.145. The maximum absolute atomic E-state index is 13.4. The van der Waals surface area contributed by atoms with Crippen LogP contribution in [0.25, 0.3) is 0 Å². The zero-order chi connectivity index (χ0) is 12.1. The van der Waals surface area contributed by atoms with E-state index < -0.39 is 17.7 Å². The molecule has 1 aromatic carbocycles. The van der Waals surface area contributed by atoms with Gasteiger partial charge in [0, 0.05) is 18.2 Å². The molecule has 1 aromatic rings. The summed E-state index contributed by atoms with van der Waals surface area (Å²) in [7, 11) is 0. The van der Waals surface area contributed by atoms with E-state index >= 15 is 0 Å². The molecule has 0 aliphatic rings. The van der Waals surface area contributed by atoms with Crippen LogP contribution in [0, 0.1) is 24.0 Å². The zero-order valence-corrected chi connectivity index (χ0v) is 9.00. The van der Waals surface area contributed by atoms with Crippen LogP contribution >= 0.6 is 0 Å². The molecule has 0 aliphatic heterocycles. The fourth-order valence-corrected chi connectivity index (χ4v) is 1.42. The number of halogens is 2. The van der Waals surface area contributed by atoms with Gasteiger partial charge in [-0.2, -0.15) is 0 Å². The quantitative estimate of drug-likeness (QED) is 0.762. The minimum Gasteiger partial charge on any atom is -0.329 e. The lowest BCUT2D eigenvalue weighted by atomic mass is 10.1. The van der Waals surface area contributed by atoms with Gasteiger partial charge in [0.25, 0.3) is 0 Å². The SMILES string of the molecule is C#CC(C)NC(CN)c1cc(F)ccc1F. The van der Waals surface area contributed by atoms with E-state index in [0.29, 0.717) is 0 Å². The predicted octanol–water partition coefficient (Wildman–Crippen LogP) is 1.58. The zero-order valence-electron chi connectivity index (χ0n) is 9.00. The normalized spacial score (nSPS) is 14.2. The summed E-state index contributed by atoms with van der Waals surface area (Å²) in [6, 6.07) is 2.54. The van der Waals surface area contributed by atoms with Crippen molar-refractivity contribution >= 4 is 0 Å². The highest BCUT2D eigenvalue weighted by molar-refractivity contribution is 5.23. The monoisotopic (exact) mass is 224 g/mol. The van der Waals surface area contributed by atoms with Crippen molar-refractivity contribution in [1.82, 2.24) is 5.32 Å². The van der Waals surface area contributed by atoms with Gasteiger partial charge in [-0.25, -0.2) is 8.78 Å². The Morgan fingerprint density at radius 1 is 1.50 bits per heavy atom. The van der Waals surface area contributed by atoms with Crippen LogP contribution in [0.2, 0.25) is 0 Å². The Bertz CT molecular complexity index is 398. The van der Waals surface area contributed by atoms with Gasteiger partial charge in [0.05, 0.1) is 6.04 Å². The second-order valence-corrected chi connectivity index (χ2v) is 3.51. The van der Waals surface area contributed by atoms with E-state index in [-0.39, 0.29) is 18.2 Å². The molecule has 0 radical (unpaired) electrons. The first-order valence-corrected chi connectivity index (χ1v) is 4.95. The molecule has 0 fully saturated rings. The average molecular weight is 224 g/mol. The summed E-state index contributed by atoms with van der Waals surface area (Å²) in [4.78, 5) is 0. The highest BCUT2D eigenvalue weighted by Gasteiger charge is 2.16. The van der Waals surface area contributed by atoms with Crippen molar-refractivity contribution in [3.63, 3.8) is 0 Å². The van der Waals surface area contributed by atoms with E-state index in [9.17, 15) is 8.78 Å². The van der Waals surface area contributed by atoms with Crippen LogP contribution in [0.3, 0.4) is 0 Å². The molecule has 2 atom stereocenters. The van der Waals surface area contributed by atoms with Crippen molar-refractivity contribution in [2.45, 2.75) is 19.0 Å². The molecule has 4 heteroatoms. The van der Waals surface area contributed by atoms with Crippen LogP contribution in [-0.4, -0.2) is 12.6 Å². The summed E-state index contributed by atoms with van der Waals surface area (Å²) in [5.41, 5.74) is 5.71. The van der Waals surface area contributed by atoms with Gasteiger partial charge >= 0.3 is 0 Å². The van der Waals surface area contributed by atoms with Crippen LogP contribution in [0.4, 0.5) is 8.78 Å². The van der Waals surface area contributed by atoms with Gasteiger partial charge in [0.1, 0.15) is 11.6 Å². The molecule has 1 rings (SSSR count). The van der Waals surface area contributed by atoms with E-state index in [2.05, 4.69) is 11.2 Å². The molecule has 0 saturated heterocycles. The lowest BCUT2D eigenvalue weighted by molar-refractivity contribution is 0.484.